The van der Waals surface area contributed by atoms with Gasteiger partial charge in [-0.05, 0) is 29.8 Å². The Labute approximate surface area is 124 Å². The third-order valence-corrected chi connectivity index (χ3v) is 3.41. The van der Waals surface area contributed by atoms with Crippen molar-refractivity contribution in [3.63, 3.8) is 0 Å². The van der Waals surface area contributed by atoms with Gasteiger partial charge in [-0.15, -0.1) is 0 Å². The Morgan fingerprint density at radius 2 is 1.65 bits per heavy atom. The van der Waals surface area contributed by atoms with E-state index in [1.165, 1.54) is 12.1 Å². The summed E-state index contributed by atoms with van der Waals surface area (Å²) in [7, 11) is 0. The highest BCUT2D eigenvalue weighted by molar-refractivity contribution is 6.31. The molecule has 20 heavy (non-hydrogen) atoms. The number of hydrogen-bond donors (Lipinski definition) is 1. The van der Waals surface area contributed by atoms with Gasteiger partial charge in [0.25, 0.3) is 0 Å². The summed E-state index contributed by atoms with van der Waals surface area (Å²) in [5.74, 6) is 0. The Kier molecular flexibility index (Phi) is 4.45. The lowest BCUT2D eigenvalue weighted by atomic mass is 10.1. The summed E-state index contributed by atoms with van der Waals surface area (Å²) in [6, 6.07) is 10.8. The standard InChI is InChI=1S/C14H10Cl2F3N/c15-12-4-2-1-3-9(12)8-20-10-5-6-13(16)11(7-10)14(17,18)19/h1-7,20H,8H2. The van der Waals surface area contributed by atoms with Crippen molar-refractivity contribution in [2.24, 2.45) is 0 Å². The van der Waals surface area contributed by atoms with Crippen molar-refractivity contribution in [2.75, 3.05) is 5.32 Å². The zero-order chi connectivity index (χ0) is 14.8. The predicted molar refractivity (Wildman–Crippen MR) is 75.2 cm³/mol. The Morgan fingerprint density at radius 3 is 2.30 bits per heavy atom. The summed E-state index contributed by atoms with van der Waals surface area (Å²) < 4.78 is 38.2. The molecule has 106 valence electrons. The molecule has 0 aliphatic heterocycles. The van der Waals surface area contributed by atoms with Gasteiger partial charge in [0, 0.05) is 17.3 Å². The summed E-state index contributed by atoms with van der Waals surface area (Å²) in [6.45, 7) is 0.332. The zero-order valence-electron chi connectivity index (χ0n) is 10.1. The lowest BCUT2D eigenvalue weighted by Crippen LogP contribution is -2.07. The highest BCUT2D eigenvalue weighted by atomic mass is 35.5. The Balaban J connectivity index is 2.17. The second kappa shape index (κ2) is 5.94. The minimum Gasteiger partial charge on any atom is -0.381 e. The maximum Gasteiger partial charge on any atom is 0.417 e. The van der Waals surface area contributed by atoms with E-state index in [4.69, 9.17) is 23.2 Å². The molecule has 0 unspecified atom stereocenters. The van der Waals surface area contributed by atoms with E-state index in [1.807, 2.05) is 6.07 Å². The molecule has 0 heterocycles. The fourth-order valence-electron chi connectivity index (χ4n) is 1.69. The molecule has 2 rings (SSSR count). The number of alkyl halides is 3. The van der Waals surface area contributed by atoms with Gasteiger partial charge in [-0.3, -0.25) is 0 Å². The molecule has 0 bridgehead atoms. The normalized spacial score (nSPS) is 11.4. The lowest BCUT2D eigenvalue weighted by molar-refractivity contribution is -0.137. The minimum absolute atomic E-state index is 0.319. The van der Waals surface area contributed by atoms with E-state index in [2.05, 4.69) is 5.32 Å². The Hall–Kier alpha value is -1.39. The first-order valence-corrected chi connectivity index (χ1v) is 6.47. The Morgan fingerprint density at radius 1 is 0.950 bits per heavy atom. The summed E-state index contributed by atoms with van der Waals surface area (Å²) in [5.41, 5.74) is 0.280. The molecule has 0 atom stereocenters. The van der Waals surface area contributed by atoms with Gasteiger partial charge in [-0.1, -0.05) is 41.4 Å². The van der Waals surface area contributed by atoms with E-state index in [0.717, 1.165) is 11.6 Å². The van der Waals surface area contributed by atoms with Crippen LogP contribution in [0.2, 0.25) is 10.0 Å². The first kappa shape index (κ1) is 15.0. The van der Waals surface area contributed by atoms with Gasteiger partial charge in [0.2, 0.25) is 0 Å². The van der Waals surface area contributed by atoms with Gasteiger partial charge < -0.3 is 5.32 Å². The van der Waals surface area contributed by atoms with E-state index in [0.29, 0.717) is 17.3 Å². The molecule has 0 spiro atoms. The van der Waals surface area contributed by atoms with Crippen LogP contribution in [-0.4, -0.2) is 0 Å². The maximum absolute atomic E-state index is 12.7. The molecular weight excluding hydrogens is 310 g/mol. The smallest absolute Gasteiger partial charge is 0.381 e. The zero-order valence-corrected chi connectivity index (χ0v) is 11.7. The van der Waals surface area contributed by atoms with Crippen molar-refractivity contribution in [2.45, 2.75) is 12.7 Å². The van der Waals surface area contributed by atoms with E-state index < -0.39 is 11.7 Å². The molecule has 0 saturated heterocycles. The van der Waals surface area contributed by atoms with Crippen molar-refractivity contribution >= 4 is 28.9 Å². The van der Waals surface area contributed by atoms with E-state index in [-0.39, 0.29) is 5.02 Å². The van der Waals surface area contributed by atoms with E-state index in [1.54, 1.807) is 18.2 Å². The van der Waals surface area contributed by atoms with Crippen LogP contribution in [0.25, 0.3) is 0 Å². The molecular formula is C14H10Cl2F3N. The molecule has 1 N–H and O–H groups in total. The van der Waals surface area contributed by atoms with Crippen LogP contribution in [0, 0.1) is 0 Å². The number of rotatable bonds is 3. The minimum atomic E-state index is -4.47. The lowest BCUT2D eigenvalue weighted by Gasteiger charge is -2.13. The van der Waals surface area contributed by atoms with E-state index in [9.17, 15) is 13.2 Å². The molecule has 0 amide bonds. The number of anilines is 1. The van der Waals surface area contributed by atoms with Crippen molar-refractivity contribution in [1.29, 1.82) is 0 Å². The number of benzene rings is 2. The molecule has 0 fully saturated rings. The largest absolute Gasteiger partial charge is 0.417 e. The van der Waals surface area contributed by atoms with Crippen LogP contribution in [0.5, 0.6) is 0 Å². The van der Waals surface area contributed by atoms with Crippen LogP contribution in [0.3, 0.4) is 0 Å². The molecule has 2 aromatic rings. The molecule has 0 radical (unpaired) electrons. The SMILES string of the molecule is FC(F)(F)c1cc(NCc2ccccc2Cl)ccc1Cl. The molecule has 6 heteroatoms. The highest BCUT2D eigenvalue weighted by Gasteiger charge is 2.33. The fourth-order valence-corrected chi connectivity index (χ4v) is 2.12. The van der Waals surface area contributed by atoms with Crippen molar-refractivity contribution in [3.05, 3.63) is 63.6 Å². The van der Waals surface area contributed by atoms with Crippen molar-refractivity contribution in [3.8, 4) is 0 Å². The van der Waals surface area contributed by atoms with Gasteiger partial charge in [0.05, 0.1) is 10.6 Å². The second-order valence-corrected chi connectivity index (χ2v) is 4.95. The van der Waals surface area contributed by atoms with Gasteiger partial charge in [0.1, 0.15) is 0 Å². The van der Waals surface area contributed by atoms with Gasteiger partial charge in [0.15, 0.2) is 0 Å². The topological polar surface area (TPSA) is 12.0 Å². The third kappa shape index (κ3) is 3.58. The fraction of sp³-hybridized carbons (Fsp3) is 0.143. The van der Waals surface area contributed by atoms with Crippen LogP contribution in [0.4, 0.5) is 18.9 Å². The van der Waals surface area contributed by atoms with Gasteiger partial charge in [-0.25, -0.2) is 0 Å². The first-order chi connectivity index (χ1) is 9.38. The molecule has 1 nitrogen and oxygen atoms in total. The summed E-state index contributed by atoms with van der Waals surface area (Å²) >= 11 is 11.5. The van der Waals surface area contributed by atoms with Crippen LogP contribution in [0.15, 0.2) is 42.5 Å². The first-order valence-electron chi connectivity index (χ1n) is 5.72. The quantitative estimate of drug-likeness (QED) is 0.773. The maximum atomic E-state index is 12.7. The number of hydrogen-bond acceptors (Lipinski definition) is 1. The summed E-state index contributed by atoms with van der Waals surface area (Å²) in [5, 5.41) is 3.14. The third-order valence-electron chi connectivity index (χ3n) is 2.71. The van der Waals surface area contributed by atoms with Gasteiger partial charge in [-0.2, -0.15) is 13.2 Å². The van der Waals surface area contributed by atoms with Crippen LogP contribution in [0.1, 0.15) is 11.1 Å². The highest BCUT2D eigenvalue weighted by Crippen LogP contribution is 2.36. The van der Waals surface area contributed by atoms with Gasteiger partial charge >= 0.3 is 6.18 Å². The van der Waals surface area contributed by atoms with Crippen LogP contribution < -0.4 is 5.32 Å². The molecule has 2 aromatic carbocycles. The van der Waals surface area contributed by atoms with Crippen LogP contribution in [-0.2, 0) is 12.7 Å². The van der Waals surface area contributed by atoms with Crippen LogP contribution >= 0.6 is 23.2 Å². The summed E-state index contributed by atoms with van der Waals surface area (Å²) in [4.78, 5) is 0. The van der Waals surface area contributed by atoms with E-state index >= 15 is 0 Å². The summed E-state index contributed by atoms with van der Waals surface area (Å²) in [6.07, 6.45) is -4.47. The average molecular weight is 320 g/mol. The molecule has 0 aromatic heterocycles. The number of halogens is 5. The number of nitrogens with one attached hydrogen (secondary N) is 1. The average Bonchev–Trinajstić information content (AvgIpc) is 2.38. The Bertz CT molecular complexity index is 612. The molecule has 0 aliphatic rings. The van der Waals surface area contributed by atoms with Crippen molar-refractivity contribution < 1.29 is 13.2 Å². The van der Waals surface area contributed by atoms with Crippen molar-refractivity contribution in [1.82, 2.24) is 0 Å². The molecule has 0 saturated carbocycles. The second-order valence-electron chi connectivity index (χ2n) is 4.14. The monoisotopic (exact) mass is 319 g/mol. The molecule has 0 aliphatic carbocycles. The predicted octanol–water partition coefficient (Wildman–Crippen LogP) is 5.62.